The molecule has 0 atom stereocenters. The number of nitrogens with zero attached hydrogens (tertiary/aromatic N) is 5. The molecule has 2 aromatic heterocycles. The lowest BCUT2D eigenvalue weighted by atomic mass is 9.97. The maximum Gasteiger partial charge on any atom is 0.256 e. The van der Waals surface area contributed by atoms with Gasteiger partial charge in [0.25, 0.3) is 5.91 Å². The molecule has 0 unspecified atom stereocenters. The zero-order valence-electron chi connectivity index (χ0n) is 17.8. The van der Waals surface area contributed by atoms with Crippen LogP contribution in [-0.2, 0) is 7.05 Å². The monoisotopic (exact) mass is 460 g/mol. The van der Waals surface area contributed by atoms with E-state index in [1.165, 1.54) is 10.7 Å². The van der Waals surface area contributed by atoms with Crippen molar-refractivity contribution < 1.29 is 9.18 Å². The van der Waals surface area contributed by atoms with Crippen molar-refractivity contribution in [1.29, 1.82) is 0 Å². The molecule has 0 aliphatic carbocycles. The van der Waals surface area contributed by atoms with Crippen molar-refractivity contribution in [3.63, 3.8) is 0 Å². The van der Waals surface area contributed by atoms with E-state index in [0.29, 0.717) is 33.2 Å². The minimum Gasteiger partial charge on any atom is -0.307 e. The lowest BCUT2D eigenvalue weighted by molar-refractivity contribution is 0.102. The van der Waals surface area contributed by atoms with Gasteiger partial charge in [-0.25, -0.2) is 9.07 Å². The van der Waals surface area contributed by atoms with E-state index in [4.69, 9.17) is 11.6 Å². The first-order chi connectivity index (χ1) is 15.9. The van der Waals surface area contributed by atoms with Crippen molar-refractivity contribution in [3.05, 3.63) is 88.8 Å². The van der Waals surface area contributed by atoms with Crippen molar-refractivity contribution in [3.8, 4) is 16.8 Å². The van der Waals surface area contributed by atoms with Crippen LogP contribution in [0.3, 0.4) is 0 Å². The molecule has 164 valence electrons. The van der Waals surface area contributed by atoms with E-state index in [1.807, 2.05) is 36.4 Å². The summed E-state index contributed by atoms with van der Waals surface area (Å²) in [5.41, 5.74) is 4.05. The number of benzene rings is 3. The van der Waals surface area contributed by atoms with Crippen molar-refractivity contribution >= 4 is 34.4 Å². The van der Waals surface area contributed by atoms with Gasteiger partial charge >= 0.3 is 0 Å². The van der Waals surface area contributed by atoms with Gasteiger partial charge in [0.1, 0.15) is 17.2 Å². The number of rotatable bonds is 4. The van der Waals surface area contributed by atoms with E-state index in [-0.39, 0.29) is 5.56 Å². The first-order valence-corrected chi connectivity index (χ1v) is 10.5. The van der Waals surface area contributed by atoms with Crippen molar-refractivity contribution in [2.24, 2.45) is 7.05 Å². The van der Waals surface area contributed by atoms with Crippen LogP contribution in [0.25, 0.3) is 27.8 Å². The van der Waals surface area contributed by atoms with E-state index in [1.54, 1.807) is 43.0 Å². The highest BCUT2D eigenvalue weighted by molar-refractivity contribution is 6.32. The molecule has 0 aliphatic rings. The number of para-hydroxylation sites is 1. The molecule has 2 heterocycles. The maximum atomic E-state index is 14.8. The summed E-state index contributed by atoms with van der Waals surface area (Å²) in [4.78, 5) is 12.8. The minimum absolute atomic E-state index is 0.203. The molecule has 5 aromatic rings. The van der Waals surface area contributed by atoms with Gasteiger partial charge in [-0.3, -0.25) is 9.48 Å². The third-order valence-electron chi connectivity index (χ3n) is 5.51. The van der Waals surface area contributed by atoms with Crippen LogP contribution in [0.2, 0.25) is 5.02 Å². The summed E-state index contributed by atoms with van der Waals surface area (Å²) in [6.07, 6.45) is 1.57. The second kappa shape index (κ2) is 8.14. The SMILES string of the molecule is Cc1c(F)cc(C(=O)Nc2ccnn2C)cc1-c1ccc2c(c1)nnn2-c1ccccc1Cl. The summed E-state index contributed by atoms with van der Waals surface area (Å²) in [6.45, 7) is 1.68. The van der Waals surface area contributed by atoms with Crippen LogP contribution >= 0.6 is 11.6 Å². The quantitative estimate of drug-likeness (QED) is 0.401. The average Bonchev–Trinajstić information content (AvgIpc) is 3.41. The summed E-state index contributed by atoms with van der Waals surface area (Å²) in [5, 5.41) is 15.8. The number of amides is 1. The topological polar surface area (TPSA) is 77.6 Å². The van der Waals surface area contributed by atoms with E-state index in [2.05, 4.69) is 20.7 Å². The summed E-state index contributed by atoms with van der Waals surface area (Å²) in [7, 11) is 1.71. The van der Waals surface area contributed by atoms with Gasteiger partial charge < -0.3 is 5.32 Å². The number of carbonyl (C=O) groups excluding carboxylic acids is 1. The van der Waals surface area contributed by atoms with Gasteiger partial charge in [-0.2, -0.15) is 5.10 Å². The molecule has 0 spiro atoms. The second-order valence-electron chi connectivity index (χ2n) is 7.58. The van der Waals surface area contributed by atoms with E-state index >= 15 is 0 Å². The molecular weight excluding hydrogens is 443 g/mol. The van der Waals surface area contributed by atoms with Crippen LogP contribution in [0.4, 0.5) is 10.2 Å². The largest absolute Gasteiger partial charge is 0.307 e. The number of carbonyl (C=O) groups is 1. The van der Waals surface area contributed by atoms with Gasteiger partial charge in [-0.05, 0) is 60.0 Å². The smallest absolute Gasteiger partial charge is 0.256 e. The Morgan fingerprint density at radius 3 is 2.67 bits per heavy atom. The Morgan fingerprint density at radius 1 is 1.09 bits per heavy atom. The summed E-state index contributed by atoms with van der Waals surface area (Å²) >= 11 is 6.32. The number of halogens is 2. The van der Waals surface area contributed by atoms with Crippen molar-refractivity contribution in [2.45, 2.75) is 6.92 Å². The highest BCUT2D eigenvalue weighted by atomic mass is 35.5. The zero-order valence-corrected chi connectivity index (χ0v) is 18.5. The number of fused-ring (bicyclic) bond motifs is 1. The number of aryl methyl sites for hydroxylation is 1. The van der Waals surface area contributed by atoms with Gasteiger partial charge in [0.2, 0.25) is 0 Å². The van der Waals surface area contributed by atoms with E-state index < -0.39 is 11.7 Å². The molecule has 0 aliphatic heterocycles. The molecular formula is C24H18ClFN6O. The third kappa shape index (κ3) is 3.74. The van der Waals surface area contributed by atoms with Gasteiger partial charge in [-0.15, -0.1) is 5.10 Å². The summed E-state index contributed by atoms with van der Waals surface area (Å²) in [6, 6.07) is 17.5. The molecule has 5 rings (SSSR count). The first-order valence-electron chi connectivity index (χ1n) is 10.1. The third-order valence-corrected chi connectivity index (χ3v) is 5.83. The van der Waals surface area contributed by atoms with Crippen LogP contribution < -0.4 is 5.32 Å². The molecule has 9 heteroatoms. The molecule has 0 radical (unpaired) electrons. The Balaban J connectivity index is 1.55. The molecule has 7 nitrogen and oxygen atoms in total. The van der Waals surface area contributed by atoms with Crippen molar-refractivity contribution in [2.75, 3.05) is 5.32 Å². The van der Waals surface area contributed by atoms with Gasteiger partial charge in [-0.1, -0.05) is 35.0 Å². The fourth-order valence-electron chi connectivity index (χ4n) is 3.69. The van der Waals surface area contributed by atoms with Crippen LogP contribution in [-0.4, -0.2) is 30.7 Å². The lowest BCUT2D eigenvalue weighted by Crippen LogP contribution is -2.15. The van der Waals surface area contributed by atoms with Crippen molar-refractivity contribution in [1.82, 2.24) is 24.8 Å². The van der Waals surface area contributed by atoms with Crippen LogP contribution in [0.5, 0.6) is 0 Å². The summed E-state index contributed by atoms with van der Waals surface area (Å²) < 4.78 is 18.0. The Kier molecular flexibility index (Phi) is 5.14. The average molecular weight is 461 g/mol. The normalized spacial score (nSPS) is 11.2. The molecule has 33 heavy (non-hydrogen) atoms. The van der Waals surface area contributed by atoms with Crippen LogP contribution in [0.15, 0.2) is 66.9 Å². The Bertz CT molecular complexity index is 1520. The van der Waals surface area contributed by atoms with E-state index in [9.17, 15) is 9.18 Å². The molecule has 0 bridgehead atoms. The highest BCUT2D eigenvalue weighted by Gasteiger charge is 2.17. The number of aromatic nitrogens is 5. The van der Waals surface area contributed by atoms with Crippen LogP contribution in [0, 0.1) is 12.7 Å². The summed E-state index contributed by atoms with van der Waals surface area (Å²) in [5.74, 6) is -0.382. The second-order valence-corrected chi connectivity index (χ2v) is 7.99. The fraction of sp³-hybridized carbons (Fsp3) is 0.0833. The number of hydrogen-bond acceptors (Lipinski definition) is 4. The molecule has 1 N–H and O–H groups in total. The number of nitrogens with one attached hydrogen (secondary N) is 1. The fourth-order valence-corrected chi connectivity index (χ4v) is 3.90. The Hall–Kier alpha value is -4.04. The van der Waals surface area contributed by atoms with E-state index in [0.717, 1.165) is 11.1 Å². The zero-order chi connectivity index (χ0) is 23.1. The lowest BCUT2D eigenvalue weighted by Gasteiger charge is -2.12. The molecule has 0 fully saturated rings. The van der Waals surface area contributed by atoms with Gasteiger partial charge in [0.15, 0.2) is 0 Å². The molecule has 3 aromatic carbocycles. The predicted molar refractivity (Wildman–Crippen MR) is 125 cm³/mol. The highest BCUT2D eigenvalue weighted by Crippen LogP contribution is 2.31. The number of hydrogen-bond donors (Lipinski definition) is 1. The van der Waals surface area contributed by atoms with Gasteiger partial charge in [0.05, 0.1) is 22.4 Å². The maximum absolute atomic E-state index is 14.8. The van der Waals surface area contributed by atoms with Crippen LogP contribution in [0.1, 0.15) is 15.9 Å². The Labute approximate surface area is 193 Å². The molecule has 0 saturated heterocycles. The van der Waals surface area contributed by atoms with Gasteiger partial charge in [0, 0.05) is 18.7 Å². The predicted octanol–water partition coefficient (Wildman–Crippen LogP) is 5.17. The minimum atomic E-state index is -0.470. The molecule has 1 amide bonds. The molecule has 0 saturated carbocycles. The Morgan fingerprint density at radius 2 is 1.91 bits per heavy atom. The number of anilines is 1. The first kappa shape index (κ1) is 20.8. The standard InChI is InChI=1S/C24H18ClFN6O/c1-14-17(11-16(12-19(14)26)24(33)28-23-9-10-27-31(23)2)15-7-8-22-20(13-15)29-30-32(22)21-6-4-3-5-18(21)25/h3-13H,1-2H3,(H,28,33).